The Kier molecular flexibility index (Phi) is 4.65. The Labute approximate surface area is 142 Å². The fourth-order valence-corrected chi connectivity index (χ4v) is 2.77. The zero-order chi connectivity index (χ0) is 17.1. The third-order valence-corrected chi connectivity index (χ3v) is 4.49. The normalized spacial score (nSPS) is 20.1. The molecule has 0 saturated heterocycles. The first-order valence-electron chi connectivity index (χ1n) is 8.31. The highest BCUT2D eigenvalue weighted by Gasteiger charge is 2.39. The molecule has 2 aromatic carbocycles. The maximum Gasteiger partial charge on any atom is 0.251 e. The third kappa shape index (κ3) is 3.82. The van der Waals surface area contributed by atoms with Gasteiger partial charge in [-0.15, -0.1) is 0 Å². The van der Waals surface area contributed by atoms with Crippen molar-refractivity contribution in [1.82, 2.24) is 5.32 Å². The van der Waals surface area contributed by atoms with Crippen molar-refractivity contribution < 1.29 is 9.59 Å². The lowest BCUT2D eigenvalue weighted by molar-refractivity contribution is -0.117. The van der Waals surface area contributed by atoms with E-state index >= 15 is 0 Å². The fourth-order valence-electron chi connectivity index (χ4n) is 2.77. The SMILES string of the molecule is CC(NC(=O)c1cccc(NC(=O)C2CC2C)c1)c1ccccc1. The average molecular weight is 322 g/mol. The van der Waals surface area contributed by atoms with Crippen LogP contribution in [0.15, 0.2) is 54.6 Å². The maximum atomic E-state index is 12.4. The van der Waals surface area contributed by atoms with Crippen LogP contribution < -0.4 is 10.6 Å². The van der Waals surface area contributed by atoms with Crippen LogP contribution in [0.4, 0.5) is 5.69 Å². The summed E-state index contributed by atoms with van der Waals surface area (Å²) < 4.78 is 0. The highest BCUT2D eigenvalue weighted by molar-refractivity contribution is 5.98. The zero-order valence-electron chi connectivity index (χ0n) is 14.0. The van der Waals surface area contributed by atoms with Crippen LogP contribution in [-0.2, 0) is 4.79 Å². The molecule has 0 spiro atoms. The predicted octanol–water partition coefficient (Wildman–Crippen LogP) is 3.77. The third-order valence-electron chi connectivity index (χ3n) is 4.49. The molecule has 4 heteroatoms. The second kappa shape index (κ2) is 6.87. The Bertz CT molecular complexity index is 742. The summed E-state index contributed by atoms with van der Waals surface area (Å²) in [5.41, 5.74) is 2.26. The van der Waals surface area contributed by atoms with E-state index in [2.05, 4.69) is 17.6 Å². The molecule has 3 atom stereocenters. The molecule has 1 aliphatic carbocycles. The molecule has 3 rings (SSSR count). The quantitative estimate of drug-likeness (QED) is 0.880. The standard InChI is InChI=1S/C20H22N2O2/c1-13-11-18(13)20(24)22-17-10-6-9-16(12-17)19(23)21-14(2)15-7-4-3-5-8-15/h3-10,12-14,18H,11H2,1-2H3,(H,21,23)(H,22,24). The first-order valence-corrected chi connectivity index (χ1v) is 8.31. The number of nitrogens with one attached hydrogen (secondary N) is 2. The Morgan fingerprint density at radius 2 is 1.79 bits per heavy atom. The number of rotatable bonds is 5. The molecule has 0 heterocycles. The smallest absolute Gasteiger partial charge is 0.251 e. The molecule has 1 saturated carbocycles. The lowest BCUT2D eigenvalue weighted by Crippen LogP contribution is -2.26. The summed E-state index contributed by atoms with van der Waals surface area (Å²) >= 11 is 0. The Hall–Kier alpha value is -2.62. The number of carbonyl (C=O) groups excluding carboxylic acids is 2. The van der Waals surface area contributed by atoms with Crippen molar-refractivity contribution in [3.8, 4) is 0 Å². The van der Waals surface area contributed by atoms with E-state index in [1.165, 1.54) is 0 Å². The Morgan fingerprint density at radius 1 is 1.08 bits per heavy atom. The van der Waals surface area contributed by atoms with E-state index in [-0.39, 0.29) is 23.8 Å². The van der Waals surface area contributed by atoms with Gasteiger partial charge >= 0.3 is 0 Å². The molecule has 4 nitrogen and oxygen atoms in total. The molecule has 2 aromatic rings. The summed E-state index contributed by atoms with van der Waals surface area (Å²) in [6, 6.07) is 16.8. The van der Waals surface area contributed by atoms with Crippen LogP contribution in [0.5, 0.6) is 0 Å². The van der Waals surface area contributed by atoms with Crippen molar-refractivity contribution in [2.45, 2.75) is 26.3 Å². The van der Waals surface area contributed by atoms with E-state index < -0.39 is 0 Å². The summed E-state index contributed by atoms with van der Waals surface area (Å²) in [6.07, 6.45) is 0.945. The molecule has 0 aliphatic heterocycles. The number of amides is 2. The second-order valence-electron chi connectivity index (χ2n) is 6.50. The molecule has 1 aliphatic rings. The van der Waals surface area contributed by atoms with Crippen LogP contribution in [0.3, 0.4) is 0 Å². The number of hydrogen-bond acceptors (Lipinski definition) is 2. The van der Waals surface area contributed by atoms with Gasteiger partial charge in [0.05, 0.1) is 6.04 Å². The van der Waals surface area contributed by atoms with E-state index in [1.807, 2.05) is 43.3 Å². The lowest BCUT2D eigenvalue weighted by atomic mass is 10.1. The van der Waals surface area contributed by atoms with Gasteiger partial charge in [0.15, 0.2) is 0 Å². The van der Waals surface area contributed by atoms with Crippen LogP contribution in [0.1, 0.15) is 42.2 Å². The summed E-state index contributed by atoms with van der Waals surface area (Å²) in [5.74, 6) is 0.462. The molecule has 0 radical (unpaired) electrons. The minimum Gasteiger partial charge on any atom is -0.346 e. The van der Waals surface area contributed by atoms with E-state index in [4.69, 9.17) is 0 Å². The molecular weight excluding hydrogens is 300 g/mol. The monoisotopic (exact) mass is 322 g/mol. The first-order chi connectivity index (χ1) is 11.5. The molecule has 3 unspecified atom stereocenters. The van der Waals surface area contributed by atoms with Crippen molar-refractivity contribution in [2.75, 3.05) is 5.32 Å². The van der Waals surface area contributed by atoms with Gasteiger partial charge < -0.3 is 10.6 Å². The highest BCUT2D eigenvalue weighted by atomic mass is 16.2. The van der Waals surface area contributed by atoms with Gasteiger partial charge in [-0.1, -0.05) is 43.3 Å². The van der Waals surface area contributed by atoms with Crippen LogP contribution in [0.2, 0.25) is 0 Å². The predicted molar refractivity (Wildman–Crippen MR) is 94.7 cm³/mol. The van der Waals surface area contributed by atoms with E-state index in [9.17, 15) is 9.59 Å². The molecule has 0 bridgehead atoms. The number of hydrogen-bond donors (Lipinski definition) is 2. The van der Waals surface area contributed by atoms with Crippen LogP contribution in [-0.4, -0.2) is 11.8 Å². The van der Waals surface area contributed by atoms with Gasteiger partial charge in [0.2, 0.25) is 5.91 Å². The maximum absolute atomic E-state index is 12.4. The van der Waals surface area contributed by atoms with Crippen molar-refractivity contribution in [2.24, 2.45) is 11.8 Å². The van der Waals surface area contributed by atoms with Gasteiger partial charge in [0.25, 0.3) is 5.91 Å². The van der Waals surface area contributed by atoms with Crippen LogP contribution >= 0.6 is 0 Å². The molecule has 2 amide bonds. The van der Waals surface area contributed by atoms with Gasteiger partial charge in [-0.2, -0.15) is 0 Å². The van der Waals surface area contributed by atoms with Crippen LogP contribution in [0, 0.1) is 11.8 Å². The summed E-state index contributed by atoms with van der Waals surface area (Å²) in [6.45, 7) is 4.02. The average Bonchev–Trinajstić information content (AvgIpc) is 3.33. The molecule has 24 heavy (non-hydrogen) atoms. The zero-order valence-corrected chi connectivity index (χ0v) is 14.0. The second-order valence-corrected chi connectivity index (χ2v) is 6.50. The minimum atomic E-state index is -0.151. The highest BCUT2D eigenvalue weighted by Crippen LogP contribution is 2.38. The van der Waals surface area contributed by atoms with Gasteiger partial charge in [-0.05, 0) is 43.0 Å². The molecule has 124 valence electrons. The van der Waals surface area contributed by atoms with Crippen LogP contribution in [0.25, 0.3) is 0 Å². The molecule has 2 N–H and O–H groups in total. The number of benzene rings is 2. The first kappa shape index (κ1) is 16.2. The largest absolute Gasteiger partial charge is 0.346 e. The fraction of sp³-hybridized carbons (Fsp3) is 0.300. The number of carbonyl (C=O) groups is 2. The van der Waals surface area contributed by atoms with Gasteiger partial charge in [-0.25, -0.2) is 0 Å². The summed E-state index contributed by atoms with van der Waals surface area (Å²) in [5, 5.41) is 5.88. The Morgan fingerprint density at radius 3 is 2.46 bits per heavy atom. The van der Waals surface area contributed by atoms with Gasteiger partial charge in [0.1, 0.15) is 0 Å². The number of anilines is 1. The van der Waals surface area contributed by atoms with E-state index in [0.29, 0.717) is 17.2 Å². The molecular formula is C20H22N2O2. The topological polar surface area (TPSA) is 58.2 Å². The molecule has 0 aromatic heterocycles. The van der Waals surface area contributed by atoms with Gasteiger partial charge in [0, 0.05) is 17.2 Å². The van der Waals surface area contributed by atoms with Crippen molar-refractivity contribution in [3.05, 3.63) is 65.7 Å². The van der Waals surface area contributed by atoms with E-state index in [1.54, 1.807) is 18.2 Å². The summed E-state index contributed by atoms with van der Waals surface area (Å²) in [7, 11) is 0. The lowest BCUT2D eigenvalue weighted by Gasteiger charge is -2.15. The Balaban J connectivity index is 1.64. The van der Waals surface area contributed by atoms with Crippen molar-refractivity contribution in [1.29, 1.82) is 0 Å². The minimum absolute atomic E-state index is 0.0395. The summed E-state index contributed by atoms with van der Waals surface area (Å²) in [4.78, 5) is 24.5. The van der Waals surface area contributed by atoms with Gasteiger partial charge in [-0.3, -0.25) is 9.59 Å². The van der Waals surface area contributed by atoms with Crippen molar-refractivity contribution >= 4 is 17.5 Å². The molecule has 1 fully saturated rings. The van der Waals surface area contributed by atoms with E-state index in [0.717, 1.165) is 12.0 Å². The van der Waals surface area contributed by atoms with Crippen molar-refractivity contribution in [3.63, 3.8) is 0 Å².